The summed E-state index contributed by atoms with van der Waals surface area (Å²) < 4.78 is 19.1. The third kappa shape index (κ3) is 4.42. The Labute approximate surface area is 195 Å². The van der Waals surface area contributed by atoms with Crippen LogP contribution in [0, 0.1) is 12.7 Å². The first kappa shape index (κ1) is 21.8. The normalized spacial score (nSPS) is 16.0. The molecule has 1 N–H and O–H groups in total. The zero-order valence-corrected chi connectivity index (χ0v) is 18.8. The number of halogens is 1. The molecule has 1 aliphatic rings. The van der Waals surface area contributed by atoms with Gasteiger partial charge >= 0.3 is 6.03 Å². The lowest BCUT2D eigenvalue weighted by Gasteiger charge is -2.30. The molecule has 2 aromatic carbocycles. The van der Waals surface area contributed by atoms with Gasteiger partial charge in [0.1, 0.15) is 12.1 Å². The second-order valence-electron chi connectivity index (χ2n) is 8.21. The van der Waals surface area contributed by atoms with E-state index in [0.717, 1.165) is 27.7 Å². The van der Waals surface area contributed by atoms with Crippen molar-refractivity contribution in [1.82, 2.24) is 24.8 Å². The molecule has 1 saturated heterocycles. The van der Waals surface area contributed by atoms with E-state index in [9.17, 15) is 9.18 Å². The van der Waals surface area contributed by atoms with E-state index in [1.54, 1.807) is 23.2 Å². The minimum absolute atomic E-state index is 0.0297. The summed E-state index contributed by atoms with van der Waals surface area (Å²) in [6.07, 6.45) is 3.18. The van der Waals surface area contributed by atoms with Crippen LogP contribution in [-0.2, 0) is 4.74 Å². The van der Waals surface area contributed by atoms with Gasteiger partial charge in [-0.1, -0.05) is 6.07 Å². The van der Waals surface area contributed by atoms with Gasteiger partial charge in [0.15, 0.2) is 0 Å². The molecular formula is C25H23FN6O2. The van der Waals surface area contributed by atoms with Crippen molar-refractivity contribution in [1.29, 1.82) is 0 Å². The fourth-order valence-corrected chi connectivity index (χ4v) is 4.01. The summed E-state index contributed by atoms with van der Waals surface area (Å²) in [7, 11) is 0. The molecule has 4 aromatic rings. The molecule has 9 heteroatoms. The smallest absolute Gasteiger partial charge is 0.324 e. The first-order valence-electron chi connectivity index (χ1n) is 11.0. The predicted octanol–water partition coefficient (Wildman–Crippen LogP) is 4.45. The molecule has 0 saturated carbocycles. The lowest BCUT2D eigenvalue weighted by molar-refractivity contribution is -0.00141. The highest BCUT2D eigenvalue weighted by Gasteiger charge is 2.22. The molecule has 1 aliphatic heterocycles. The highest BCUT2D eigenvalue weighted by molar-refractivity contribution is 5.91. The van der Waals surface area contributed by atoms with Crippen LogP contribution < -0.4 is 5.32 Å². The zero-order chi connectivity index (χ0) is 23.7. The number of hydrogen-bond donors (Lipinski definition) is 1. The molecule has 172 valence electrons. The van der Waals surface area contributed by atoms with Crippen molar-refractivity contribution in [2.45, 2.75) is 20.0 Å². The van der Waals surface area contributed by atoms with Gasteiger partial charge in [0.05, 0.1) is 23.9 Å². The van der Waals surface area contributed by atoms with Crippen LogP contribution in [0.25, 0.3) is 33.3 Å². The van der Waals surface area contributed by atoms with Crippen molar-refractivity contribution in [3.05, 3.63) is 66.5 Å². The number of rotatable bonds is 3. The molecule has 0 bridgehead atoms. The second kappa shape index (κ2) is 9.11. The highest BCUT2D eigenvalue weighted by atomic mass is 19.1. The van der Waals surface area contributed by atoms with E-state index >= 15 is 0 Å². The van der Waals surface area contributed by atoms with E-state index < -0.39 is 0 Å². The lowest BCUT2D eigenvalue weighted by Crippen LogP contribution is -2.46. The second-order valence-corrected chi connectivity index (χ2v) is 8.21. The topological polar surface area (TPSA) is 93.1 Å². The van der Waals surface area contributed by atoms with Gasteiger partial charge in [-0.25, -0.2) is 29.1 Å². The Bertz CT molecular complexity index is 1360. The molecule has 2 aromatic heterocycles. The van der Waals surface area contributed by atoms with Crippen molar-refractivity contribution in [3.63, 3.8) is 0 Å². The maximum absolute atomic E-state index is 13.6. The minimum atomic E-state index is -0.340. The van der Waals surface area contributed by atoms with Crippen LogP contribution in [0.15, 0.2) is 55.0 Å². The summed E-state index contributed by atoms with van der Waals surface area (Å²) in [5, 5.41) is 3.71. The van der Waals surface area contributed by atoms with Crippen LogP contribution in [0.1, 0.15) is 12.6 Å². The molecule has 8 nitrogen and oxygen atoms in total. The van der Waals surface area contributed by atoms with Crippen molar-refractivity contribution in [3.8, 4) is 22.4 Å². The third-order valence-corrected chi connectivity index (χ3v) is 5.80. The molecule has 3 heterocycles. The summed E-state index contributed by atoms with van der Waals surface area (Å²) in [5.74, 6) is -0.166. The lowest BCUT2D eigenvalue weighted by atomic mass is 9.99. The van der Waals surface area contributed by atoms with Gasteiger partial charge in [-0.15, -0.1) is 0 Å². The number of carbonyl (C=O) groups excluding carboxylic acids is 1. The molecule has 5 rings (SSSR count). The Kier molecular flexibility index (Phi) is 5.85. The number of urea groups is 1. The number of fused-ring (bicyclic) bond motifs is 1. The fourth-order valence-electron chi connectivity index (χ4n) is 4.01. The summed E-state index contributed by atoms with van der Waals surface area (Å²) >= 11 is 0. The molecule has 1 atom stereocenters. The van der Waals surface area contributed by atoms with Gasteiger partial charge < -0.3 is 9.64 Å². The average Bonchev–Trinajstić information content (AvgIpc) is 2.85. The summed E-state index contributed by atoms with van der Waals surface area (Å²) in [6, 6.07) is 11.6. The Morgan fingerprint density at radius 1 is 1.12 bits per heavy atom. The SMILES string of the molecule is Cc1ncnc2ccc(-c3cnc(NC(=O)N4CCOC(C)C4)nc3-c3ccc(F)cc3)cc12. The van der Waals surface area contributed by atoms with Crippen LogP contribution >= 0.6 is 0 Å². The molecule has 1 unspecified atom stereocenters. The number of hydrogen-bond acceptors (Lipinski definition) is 6. The fraction of sp³-hybridized carbons (Fsp3) is 0.240. The number of aromatic nitrogens is 4. The van der Waals surface area contributed by atoms with Crippen LogP contribution in [0.5, 0.6) is 0 Å². The van der Waals surface area contributed by atoms with Crippen molar-refractivity contribution in [2.75, 3.05) is 25.0 Å². The van der Waals surface area contributed by atoms with Gasteiger partial charge in [0.25, 0.3) is 0 Å². The van der Waals surface area contributed by atoms with E-state index in [-0.39, 0.29) is 23.9 Å². The van der Waals surface area contributed by atoms with Crippen molar-refractivity contribution in [2.24, 2.45) is 0 Å². The number of amides is 2. The first-order chi connectivity index (χ1) is 16.5. The number of nitrogens with one attached hydrogen (secondary N) is 1. The van der Waals surface area contributed by atoms with E-state index in [1.807, 2.05) is 32.0 Å². The Hall–Kier alpha value is -3.98. The van der Waals surface area contributed by atoms with Crippen LogP contribution in [0.2, 0.25) is 0 Å². The number of carbonyl (C=O) groups is 1. The number of benzene rings is 2. The zero-order valence-electron chi connectivity index (χ0n) is 18.8. The van der Waals surface area contributed by atoms with E-state index in [2.05, 4.69) is 25.3 Å². The number of ether oxygens (including phenoxy) is 1. The molecule has 0 radical (unpaired) electrons. The molecular weight excluding hydrogens is 435 g/mol. The van der Waals surface area contributed by atoms with Crippen molar-refractivity contribution >= 4 is 22.9 Å². The number of morpholine rings is 1. The van der Waals surface area contributed by atoms with E-state index in [1.165, 1.54) is 18.5 Å². The van der Waals surface area contributed by atoms with Crippen LogP contribution in [0.4, 0.5) is 15.1 Å². The van der Waals surface area contributed by atoms with E-state index in [0.29, 0.717) is 31.0 Å². The van der Waals surface area contributed by atoms with Gasteiger partial charge in [-0.05, 0) is 55.8 Å². The quantitative estimate of drug-likeness (QED) is 0.487. The standard InChI is InChI=1S/C25H23FN6O2/c1-15-13-32(9-10-34-15)25(33)31-24-27-12-21(23(30-24)17-3-6-19(26)7-4-17)18-5-8-22-20(11-18)16(2)28-14-29-22/h3-8,11-12,14-15H,9-10,13H2,1-2H3,(H,27,30,31,33). The average molecular weight is 458 g/mol. The minimum Gasteiger partial charge on any atom is -0.375 e. The van der Waals surface area contributed by atoms with Gasteiger partial charge in [0.2, 0.25) is 5.95 Å². The van der Waals surface area contributed by atoms with Gasteiger partial charge in [0, 0.05) is 41.5 Å². The number of anilines is 1. The first-order valence-corrected chi connectivity index (χ1v) is 11.0. The Morgan fingerprint density at radius 2 is 1.91 bits per heavy atom. The molecule has 34 heavy (non-hydrogen) atoms. The van der Waals surface area contributed by atoms with Gasteiger partial charge in [-0.2, -0.15) is 0 Å². The number of nitrogens with zero attached hydrogens (tertiary/aromatic N) is 5. The maximum atomic E-state index is 13.6. The molecule has 0 aliphatic carbocycles. The monoisotopic (exact) mass is 458 g/mol. The van der Waals surface area contributed by atoms with E-state index in [4.69, 9.17) is 4.74 Å². The number of aryl methyl sites for hydroxylation is 1. The van der Waals surface area contributed by atoms with Crippen LogP contribution in [-0.4, -0.2) is 56.7 Å². The molecule has 0 spiro atoms. The Balaban J connectivity index is 1.55. The maximum Gasteiger partial charge on any atom is 0.324 e. The summed E-state index contributed by atoms with van der Waals surface area (Å²) in [4.78, 5) is 32.1. The largest absolute Gasteiger partial charge is 0.375 e. The third-order valence-electron chi connectivity index (χ3n) is 5.80. The summed E-state index contributed by atoms with van der Waals surface area (Å²) in [6.45, 7) is 5.33. The highest BCUT2D eigenvalue weighted by Crippen LogP contribution is 2.33. The predicted molar refractivity (Wildman–Crippen MR) is 127 cm³/mol. The Morgan fingerprint density at radius 3 is 2.71 bits per heavy atom. The summed E-state index contributed by atoms with van der Waals surface area (Å²) in [5.41, 5.74) is 4.59. The van der Waals surface area contributed by atoms with Crippen LogP contribution in [0.3, 0.4) is 0 Å². The van der Waals surface area contributed by atoms with Gasteiger partial charge in [-0.3, -0.25) is 5.32 Å². The molecule has 2 amide bonds. The molecule has 1 fully saturated rings. The van der Waals surface area contributed by atoms with Crippen molar-refractivity contribution < 1.29 is 13.9 Å².